The predicted octanol–water partition coefficient (Wildman–Crippen LogP) is 1.54. The maximum absolute atomic E-state index is 11.8. The summed E-state index contributed by atoms with van der Waals surface area (Å²) >= 11 is 0. The van der Waals surface area contributed by atoms with E-state index >= 15 is 0 Å². The zero-order valence-corrected chi connectivity index (χ0v) is 10.6. The van der Waals surface area contributed by atoms with E-state index in [2.05, 4.69) is 12.2 Å². The lowest BCUT2D eigenvalue weighted by molar-refractivity contribution is -0.137. The summed E-state index contributed by atoms with van der Waals surface area (Å²) in [6.45, 7) is 4.95. The number of aliphatic carboxylic acids is 1. The van der Waals surface area contributed by atoms with Crippen molar-refractivity contribution in [1.82, 2.24) is 10.2 Å². The Hall–Kier alpha value is -1.26. The molecule has 0 radical (unpaired) electrons. The molecular weight excluding hydrogens is 220 g/mol. The SMILES string of the molecule is CCCN(CC(=O)O)C(=O)NCC(C)C1CC1. The topological polar surface area (TPSA) is 69.6 Å². The van der Waals surface area contributed by atoms with Crippen LogP contribution in [0.5, 0.6) is 0 Å². The predicted molar refractivity (Wildman–Crippen MR) is 64.8 cm³/mol. The van der Waals surface area contributed by atoms with Gasteiger partial charge in [-0.15, -0.1) is 0 Å². The molecule has 0 aliphatic heterocycles. The van der Waals surface area contributed by atoms with Crippen LogP contribution in [0, 0.1) is 11.8 Å². The summed E-state index contributed by atoms with van der Waals surface area (Å²) in [6, 6.07) is -0.262. The van der Waals surface area contributed by atoms with Crippen molar-refractivity contribution in [1.29, 1.82) is 0 Å². The van der Waals surface area contributed by atoms with Gasteiger partial charge in [-0.2, -0.15) is 0 Å². The number of carbonyl (C=O) groups is 2. The molecule has 1 atom stereocenters. The molecule has 1 saturated carbocycles. The van der Waals surface area contributed by atoms with Gasteiger partial charge in [0.25, 0.3) is 0 Å². The Morgan fingerprint density at radius 3 is 2.59 bits per heavy atom. The molecule has 0 heterocycles. The smallest absolute Gasteiger partial charge is 0.323 e. The molecular formula is C12H22N2O3. The highest BCUT2D eigenvalue weighted by Crippen LogP contribution is 2.36. The van der Waals surface area contributed by atoms with Crippen molar-refractivity contribution in [2.24, 2.45) is 11.8 Å². The molecule has 0 aromatic rings. The van der Waals surface area contributed by atoms with Gasteiger partial charge in [-0.1, -0.05) is 13.8 Å². The first-order valence-corrected chi connectivity index (χ1v) is 6.29. The average Bonchev–Trinajstić information content (AvgIpc) is 3.08. The third-order valence-electron chi connectivity index (χ3n) is 3.11. The summed E-state index contributed by atoms with van der Waals surface area (Å²) in [7, 11) is 0. The number of urea groups is 1. The Morgan fingerprint density at radius 1 is 1.47 bits per heavy atom. The first kappa shape index (κ1) is 13.8. The molecule has 0 bridgehead atoms. The van der Waals surface area contributed by atoms with Crippen LogP contribution in [0.25, 0.3) is 0 Å². The van der Waals surface area contributed by atoms with Gasteiger partial charge in [0.05, 0.1) is 0 Å². The van der Waals surface area contributed by atoms with E-state index < -0.39 is 5.97 Å². The van der Waals surface area contributed by atoms with Crippen LogP contribution in [0.2, 0.25) is 0 Å². The number of nitrogens with zero attached hydrogens (tertiary/aromatic N) is 1. The lowest BCUT2D eigenvalue weighted by Gasteiger charge is -2.21. The minimum Gasteiger partial charge on any atom is -0.480 e. The van der Waals surface area contributed by atoms with E-state index in [1.54, 1.807) is 0 Å². The molecule has 5 heteroatoms. The van der Waals surface area contributed by atoms with Gasteiger partial charge in [0.2, 0.25) is 0 Å². The largest absolute Gasteiger partial charge is 0.480 e. The summed E-state index contributed by atoms with van der Waals surface area (Å²) in [6.07, 6.45) is 3.27. The van der Waals surface area contributed by atoms with Crippen LogP contribution >= 0.6 is 0 Å². The fraction of sp³-hybridized carbons (Fsp3) is 0.833. The van der Waals surface area contributed by atoms with Crippen molar-refractivity contribution < 1.29 is 14.7 Å². The number of nitrogens with one attached hydrogen (secondary N) is 1. The zero-order chi connectivity index (χ0) is 12.8. The monoisotopic (exact) mass is 242 g/mol. The number of carbonyl (C=O) groups excluding carboxylic acids is 1. The molecule has 2 amide bonds. The molecule has 1 aliphatic rings. The fourth-order valence-corrected chi connectivity index (χ4v) is 1.88. The standard InChI is InChI=1S/C12H22N2O3/c1-3-6-14(8-11(15)16)12(17)13-7-9(2)10-4-5-10/h9-10H,3-8H2,1-2H3,(H,13,17)(H,15,16). The van der Waals surface area contributed by atoms with Crippen molar-refractivity contribution in [3.8, 4) is 0 Å². The van der Waals surface area contributed by atoms with E-state index in [1.807, 2.05) is 6.92 Å². The van der Waals surface area contributed by atoms with E-state index in [0.29, 0.717) is 19.0 Å². The fourth-order valence-electron chi connectivity index (χ4n) is 1.88. The number of carboxylic acid groups (broad SMARTS) is 1. The Kier molecular flexibility index (Phi) is 5.25. The Morgan fingerprint density at radius 2 is 2.12 bits per heavy atom. The highest BCUT2D eigenvalue weighted by atomic mass is 16.4. The molecule has 0 spiro atoms. The van der Waals surface area contributed by atoms with Crippen LogP contribution in [0.1, 0.15) is 33.1 Å². The molecule has 98 valence electrons. The van der Waals surface area contributed by atoms with Gasteiger partial charge in [-0.3, -0.25) is 4.79 Å². The van der Waals surface area contributed by atoms with Gasteiger partial charge in [-0.25, -0.2) is 4.79 Å². The van der Waals surface area contributed by atoms with Crippen molar-refractivity contribution in [3.05, 3.63) is 0 Å². The van der Waals surface area contributed by atoms with E-state index in [-0.39, 0.29) is 12.6 Å². The van der Waals surface area contributed by atoms with E-state index in [9.17, 15) is 9.59 Å². The lowest BCUT2D eigenvalue weighted by atomic mass is 10.1. The van der Waals surface area contributed by atoms with E-state index in [1.165, 1.54) is 17.7 Å². The lowest BCUT2D eigenvalue weighted by Crippen LogP contribution is -2.44. The summed E-state index contributed by atoms with van der Waals surface area (Å²) in [5.74, 6) is 0.269. The van der Waals surface area contributed by atoms with E-state index in [4.69, 9.17) is 5.11 Å². The van der Waals surface area contributed by atoms with E-state index in [0.717, 1.165) is 12.3 Å². The second-order valence-corrected chi connectivity index (χ2v) is 4.82. The second-order valence-electron chi connectivity index (χ2n) is 4.82. The quantitative estimate of drug-likeness (QED) is 0.711. The summed E-state index contributed by atoms with van der Waals surface area (Å²) in [5.41, 5.74) is 0. The first-order chi connectivity index (χ1) is 8.04. The molecule has 1 unspecified atom stereocenters. The molecule has 1 fully saturated rings. The van der Waals surface area contributed by atoms with Crippen LogP contribution in [0.15, 0.2) is 0 Å². The van der Waals surface area contributed by atoms with Crippen molar-refractivity contribution in [2.45, 2.75) is 33.1 Å². The van der Waals surface area contributed by atoms with Crippen LogP contribution in [-0.2, 0) is 4.79 Å². The molecule has 0 aromatic carbocycles. The maximum Gasteiger partial charge on any atom is 0.323 e. The summed E-state index contributed by atoms with van der Waals surface area (Å²) in [5, 5.41) is 11.5. The van der Waals surface area contributed by atoms with Gasteiger partial charge in [-0.05, 0) is 31.1 Å². The number of carboxylic acids is 1. The molecule has 1 aliphatic carbocycles. The average molecular weight is 242 g/mol. The minimum atomic E-state index is -0.969. The maximum atomic E-state index is 11.8. The molecule has 17 heavy (non-hydrogen) atoms. The summed E-state index contributed by atoms with van der Waals surface area (Å²) in [4.78, 5) is 23.7. The Balaban J connectivity index is 2.32. The molecule has 0 saturated heterocycles. The van der Waals surface area contributed by atoms with Gasteiger partial charge in [0.15, 0.2) is 0 Å². The van der Waals surface area contributed by atoms with Crippen LogP contribution in [-0.4, -0.2) is 41.6 Å². The highest BCUT2D eigenvalue weighted by Gasteiger charge is 2.28. The van der Waals surface area contributed by atoms with Crippen molar-refractivity contribution in [3.63, 3.8) is 0 Å². The Bertz CT molecular complexity index is 277. The highest BCUT2D eigenvalue weighted by molar-refractivity contribution is 5.80. The molecule has 5 nitrogen and oxygen atoms in total. The first-order valence-electron chi connectivity index (χ1n) is 6.29. The third-order valence-corrected chi connectivity index (χ3v) is 3.11. The van der Waals surface area contributed by atoms with Crippen LogP contribution in [0.4, 0.5) is 4.79 Å². The number of hydrogen-bond donors (Lipinski definition) is 2. The van der Waals surface area contributed by atoms with Gasteiger partial charge < -0.3 is 15.3 Å². The van der Waals surface area contributed by atoms with Gasteiger partial charge >= 0.3 is 12.0 Å². The zero-order valence-electron chi connectivity index (χ0n) is 10.6. The normalized spacial score (nSPS) is 16.4. The van der Waals surface area contributed by atoms with Crippen LogP contribution < -0.4 is 5.32 Å². The second kappa shape index (κ2) is 6.47. The third kappa shape index (κ3) is 5.06. The van der Waals surface area contributed by atoms with Crippen molar-refractivity contribution >= 4 is 12.0 Å². The Labute approximate surface area is 102 Å². The van der Waals surface area contributed by atoms with Gasteiger partial charge in [0, 0.05) is 13.1 Å². The summed E-state index contributed by atoms with van der Waals surface area (Å²) < 4.78 is 0. The van der Waals surface area contributed by atoms with Gasteiger partial charge in [0.1, 0.15) is 6.54 Å². The van der Waals surface area contributed by atoms with Crippen molar-refractivity contribution in [2.75, 3.05) is 19.6 Å². The molecule has 1 rings (SSSR count). The number of amides is 2. The molecule has 0 aromatic heterocycles. The van der Waals surface area contributed by atoms with Crippen LogP contribution in [0.3, 0.4) is 0 Å². The minimum absolute atomic E-state index is 0.225. The number of rotatable bonds is 7. The molecule has 2 N–H and O–H groups in total. The number of hydrogen-bond acceptors (Lipinski definition) is 2.